The quantitative estimate of drug-likeness (QED) is 0.481. The number of rotatable bonds is 6. The molecule has 94 valence electrons. The second-order valence-corrected chi connectivity index (χ2v) is 4.51. The number of nitrogens with zero attached hydrogens (tertiary/aromatic N) is 1. The van der Waals surface area contributed by atoms with Gasteiger partial charge in [0.05, 0.1) is 4.92 Å². The molecule has 17 heavy (non-hydrogen) atoms. The highest BCUT2D eigenvalue weighted by Gasteiger charge is 2.13. The average Bonchev–Trinajstić information content (AvgIpc) is 2.28. The second kappa shape index (κ2) is 6.56. The van der Waals surface area contributed by atoms with Gasteiger partial charge in [-0.2, -0.15) is 0 Å². The molecule has 0 aromatic heterocycles. The zero-order valence-electron chi connectivity index (χ0n) is 9.92. The van der Waals surface area contributed by atoms with E-state index in [9.17, 15) is 10.1 Å². The number of nitro benzene ring substituents is 1. The van der Waals surface area contributed by atoms with E-state index < -0.39 is 0 Å². The van der Waals surface area contributed by atoms with E-state index in [4.69, 9.17) is 0 Å². The van der Waals surface area contributed by atoms with Crippen LogP contribution in [0.4, 0.5) is 11.4 Å². The molecular weight excluding hydrogens is 286 g/mol. The number of anilines is 1. The molecule has 0 aliphatic carbocycles. The van der Waals surface area contributed by atoms with Crippen LogP contribution in [0.3, 0.4) is 0 Å². The summed E-state index contributed by atoms with van der Waals surface area (Å²) in [5.41, 5.74) is 1.67. The first-order chi connectivity index (χ1) is 8.06. The van der Waals surface area contributed by atoms with Gasteiger partial charge < -0.3 is 10.6 Å². The summed E-state index contributed by atoms with van der Waals surface area (Å²) >= 11 is 3.33. The van der Waals surface area contributed by atoms with Crippen molar-refractivity contribution in [1.82, 2.24) is 5.32 Å². The minimum Gasteiger partial charge on any atom is -0.383 e. The zero-order chi connectivity index (χ0) is 12.8. The van der Waals surface area contributed by atoms with E-state index in [-0.39, 0.29) is 10.6 Å². The summed E-state index contributed by atoms with van der Waals surface area (Å²) in [4.78, 5) is 10.4. The molecule has 0 radical (unpaired) electrons. The molecule has 0 bridgehead atoms. The van der Waals surface area contributed by atoms with Gasteiger partial charge in [-0.05, 0) is 35.5 Å². The molecule has 0 atom stereocenters. The van der Waals surface area contributed by atoms with E-state index in [1.54, 1.807) is 13.0 Å². The zero-order valence-corrected chi connectivity index (χ0v) is 11.5. The lowest BCUT2D eigenvalue weighted by Gasteiger charge is -2.10. The van der Waals surface area contributed by atoms with Crippen molar-refractivity contribution in [3.05, 3.63) is 32.3 Å². The third-order valence-corrected chi connectivity index (χ3v) is 3.01. The Morgan fingerprint density at radius 3 is 2.71 bits per heavy atom. The maximum atomic E-state index is 10.7. The molecule has 0 aliphatic heterocycles. The molecule has 6 heteroatoms. The maximum Gasteiger partial charge on any atom is 0.273 e. The lowest BCUT2D eigenvalue weighted by atomic mass is 10.2. The number of nitrogens with one attached hydrogen (secondary N) is 2. The van der Waals surface area contributed by atoms with Crippen LogP contribution in [0.1, 0.15) is 12.5 Å². The van der Waals surface area contributed by atoms with Crippen molar-refractivity contribution >= 4 is 27.3 Å². The average molecular weight is 302 g/mol. The molecule has 0 spiro atoms. The topological polar surface area (TPSA) is 67.2 Å². The van der Waals surface area contributed by atoms with E-state index in [2.05, 4.69) is 26.6 Å². The SMILES string of the molecule is CCNCCNc1cc(C)c([N+](=O)[O-])cc1Br. The first-order valence-corrected chi connectivity index (χ1v) is 6.24. The van der Waals surface area contributed by atoms with Crippen molar-refractivity contribution in [3.8, 4) is 0 Å². The molecule has 1 rings (SSSR count). The van der Waals surface area contributed by atoms with Gasteiger partial charge in [-0.1, -0.05) is 6.92 Å². The number of nitro groups is 1. The van der Waals surface area contributed by atoms with Gasteiger partial charge in [0.2, 0.25) is 0 Å². The number of hydrogen-bond donors (Lipinski definition) is 2. The minimum absolute atomic E-state index is 0.133. The molecule has 1 aromatic carbocycles. The smallest absolute Gasteiger partial charge is 0.273 e. The highest BCUT2D eigenvalue weighted by atomic mass is 79.9. The van der Waals surface area contributed by atoms with Gasteiger partial charge in [0.15, 0.2) is 0 Å². The fraction of sp³-hybridized carbons (Fsp3) is 0.455. The standard InChI is InChI=1S/C11H16BrN3O2/c1-3-13-4-5-14-10-6-8(2)11(15(16)17)7-9(10)12/h6-7,13-14H,3-5H2,1-2H3. The van der Waals surface area contributed by atoms with Gasteiger partial charge >= 0.3 is 0 Å². The summed E-state index contributed by atoms with van der Waals surface area (Å²) in [6, 6.07) is 3.32. The van der Waals surface area contributed by atoms with E-state index in [1.807, 2.05) is 6.92 Å². The molecule has 2 N–H and O–H groups in total. The van der Waals surface area contributed by atoms with Gasteiger partial charge in [0.1, 0.15) is 0 Å². The number of hydrogen-bond acceptors (Lipinski definition) is 4. The predicted octanol–water partition coefficient (Wildman–Crippen LogP) is 2.69. The lowest BCUT2D eigenvalue weighted by Crippen LogP contribution is -2.21. The van der Waals surface area contributed by atoms with Crippen molar-refractivity contribution in [2.45, 2.75) is 13.8 Å². The van der Waals surface area contributed by atoms with E-state index in [0.717, 1.165) is 25.3 Å². The maximum absolute atomic E-state index is 10.7. The molecule has 0 saturated carbocycles. The van der Waals surface area contributed by atoms with Gasteiger partial charge in [0.25, 0.3) is 5.69 Å². The first kappa shape index (κ1) is 13.9. The van der Waals surface area contributed by atoms with Crippen LogP contribution >= 0.6 is 15.9 Å². The molecule has 0 aliphatic rings. The molecule has 0 amide bonds. The van der Waals surface area contributed by atoms with Crippen LogP contribution in [0.2, 0.25) is 0 Å². The van der Waals surface area contributed by atoms with E-state index in [0.29, 0.717) is 10.0 Å². The Balaban J connectivity index is 2.74. The highest BCUT2D eigenvalue weighted by Crippen LogP contribution is 2.30. The molecule has 0 fully saturated rings. The van der Waals surface area contributed by atoms with Crippen molar-refractivity contribution < 1.29 is 4.92 Å². The summed E-state index contributed by atoms with van der Waals surface area (Å²) in [5.74, 6) is 0. The van der Waals surface area contributed by atoms with Crippen LogP contribution in [0.5, 0.6) is 0 Å². The Morgan fingerprint density at radius 2 is 2.12 bits per heavy atom. The third-order valence-electron chi connectivity index (χ3n) is 2.35. The van der Waals surface area contributed by atoms with Gasteiger partial charge in [-0.15, -0.1) is 0 Å². The summed E-state index contributed by atoms with van der Waals surface area (Å²) in [7, 11) is 0. The van der Waals surface area contributed by atoms with Crippen LogP contribution in [-0.2, 0) is 0 Å². The van der Waals surface area contributed by atoms with Crippen LogP contribution < -0.4 is 10.6 Å². The van der Waals surface area contributed by atoms with Crippen LogP contribution in [-0.4, -0.2) is 24.6 Å². The Labute approximate surface area is 109 Å². The van der Waals surface area contributed by atoms with E-state index in [1.165, 1.54) is 6.07 Å². The van der Waals surface area contributed by atoms with Gasteiger partial charge in [-0.3, -0.25) is 10.1 Å². The van der Waals surface area contributed by atoms with Crippen LogP contribution in [0, 0.1) is 17.0 Å². The Bertz CT molecular complexity index is 410. The fourth-order valence-electron chi connectivity index (χ4n) is 1.47. The van der Waals surface area contributed by atoms with Gasteiger partial charge in [-0.25, -0.2) is 0 Å². The Kier molecular flexibility index (Phi) is 5.37. The fourth-order valence-corrected chi connectivity index (χ4v) is 1.94. The molecule has 5 nitrogen and oxygen atoms in total. The van der Waals surface area contributed by atoms with Gasteiger partial charge in [0, 0.05) is 34.9 Å². The summed E-state index contributed by atoms with van der Waals surface area (Å²) in [5, 5.41) is 17.2. The Morgan fingerprint density at radius 1 is 1.41 bits per heavy atom. The van der Waals surface area contributed by atoms with E-state index >= 15 is 0 Å². The monoisotopic (exact) mass is 301 g/mol. The largest absolute Gasteiger partial charge is 0.383 e. The number of benzene rings is 1. The summed E-state index contributed by atoms with van der Waals surface area (Å²) in [6.07, 6.45) is 0. The van der Waals surface area contributed by atoms with Crippen molar-refractivity contribution in [2.24, 2.45) is 0 Å². The Hall–Kier alpha value is -1.14. The minimum atomic E-state index is -0.373. The van der Waals surface area contributed by atoms with Crippen LogP contribution in [0.15, 0.2) is 16.6 Å². The molecule has 0 heterocycles. The predicted molar refractivity (Wildman–Crippen MR) is 72.6 cm³/mol. The first-order valence-electron chi connectivity index (χ1n) is 5.45. The van der Waals surface area contributed by atoms with Crippen molar-refractivity contribution in [1.29, 1.82) is 0 Å². The summed E-state index contributed by atoms with van der Waals surface area (Å²) in [6.45, 7) is 6.36. The molecule has 0 unspecified atom stereocenters. The highest BCUT2D eigenvalue weighted by molar-refractivity contribution is 9.10. The number of aryl methyl sites for hydroxylation is 1. The number of halogens is 1. The molecular formula is C11H16BrN3O2. The number of likely N-dealkylation sites (N-methyl/N-ethyl adjacent to an activating group) is 1. The van der Waals surface area contributed by atoms with Crippen LogP contribution in [0.25, 0.3) is 0 Å². The lowest BCUT2D eigenvalue weighted by molar-refractivity contribution is -0.385. The molecule has 0 saturated heterocycles. The van der Waals surface area contributed by atoms with Crippen molar-refractivity contribution in [2.75, 3.05) is 25.0 Å². The third kappa shape index (κ3) is 3.98. The normalized spacial score (nSPS) is 10.3. The second-order valence-electron chi connectivity index (χ2n) is 3.66. The summed E-state index contributed by atoms with van der Waals surface area (Å²) < 4.78 is 0.714. The van der Waals surface area contributed by atoms with Crippen molar-refractivity contribution in [3.63, 3.8) is 0 Å². The molecule has 1 aromatic rings.